The van der Waals surface area contributed by atoms with Gasteiger partial charge in [-0.05, 0) is 31.4 Å². The number of nitrogens with one attached hydrogen (secondary N) is 1. The lowest BCUT2D eigenvalue weighted by Gasteiger charge is -2.07. The molecule has 1 aliphatic rings. The molecule has 1 N–H and O–H groups in total. The summed E-state index contributed by atoms with van der Waals surface area (Å²) >= 11 is 0. The molecule has 0 amide bonds. The van der Waals surface area contributed by atoms with Gasteiger partial charge in [0.05, 0.1) is 12.3 Å². The van der Waals surface area contributed by atoms with Crippen LogP contribution in [0.15, 0.2) is 6.07 Å². The minimum Gasteiger partial charge on any atom is -0.461 e. The van der Waals surface area contributed by atoms with E-state index in [1.165, 1.54) is 0 Å². The van der Waals surface area contributed by atoms with Crippen LogP contribution in [0.3, 0.4) is 0 Å². The molecule has 80 valence electrons. The van der Waals surface area contributed by atoms with E-state index >= 15 is 0 Å². The third-order valence-electron chi connectivity index (χ3n) is 2.52. The number of rotatable bonds is 2. The van der Waals surface area contributed by atoms with E-state index in [9.17, 15) is 9.59 Å². The second-order valence-corrected chi connectivity index (χ2v) is 3.58. The van der Waals surface area contributed by atoms with Crippen molar-refractivity contribution in [3.05, 3.63) is 23.0 Å². The molecule has 0 fully saturated rings. The molecule has 0 aliphatic heterocycles. The number of aromatic nitrogens is 1. The van der Waals surface area contributed by atoms with Crippen LogP contribution in [0.25, 0.3) is 0 Å². The van der Waals surface area contributed by atoms with E-state index in [1.807, 2.05) is 0 Å². The fourth-order valence-corrected chi connectivity index (χ4v) is 1.83. The Morgan fingerprint density at radius 2 is 2.33 bits per heavy atom. The fraction of sp³-hybridized carbons (Fsp3) is 0.455. The Bertz CT molecular complexity index is 406. The normalized spacial score (nSPS) is 14.9. The molecule has 15 heavy (non-hydrogen) atoms. The topological polar surface area (TPSA) is 59.2 Å². The number of H-pyrrole nitrogens is 1. The molecule has 0 unspecified atom stereocenters. The van der Waals surface area contributed by atoms with Crippen LogP contribution in [-0.4, -0.2) is 23.3 Å². The maximum Gasteiger partial charge on any atom is 0.354 e. The second kappa shape index (κ2) is 3.88. The molecule has 0 saturated heterocycles. The Kier molecular flexibility index (Phi) is 2.58. The summed E-state index contributed by atoms with van der Waals surface area (Å²) in [5.74, 6) is -0.300. The molecule has 1 aliphatic carbocycles. The van der Waals surface area contributed by atoms with Crippen LogP contribution >= 0.6 is 0 Å². The molecule has 0 atom stereocenters. The largest absolute Gasteiger partial charge is 0.461 e. The first-order valence-electron chi connectivity index (χ1n) is 5.14. The minimum atomic E-state index is -0.389. The van der Waals surface area contributed by atoms with Gasteiger partial charge >= 0.3 is 5.97 Å². The number of aromatic amines is 1. The number of esters is 1. The smallest absolute Gasteiger partial charge is 0.354 e. The maximum absolute atomic E-state index is 11.5. The van der Waals surface area contributed by atoms with Gasteiger partial charge in [0, 0.05) is 6.42 Å². The highest BCUT2D eigenvalue weighted by atomic mass is 16.5. The average molecular weight is 207 g/mol. The number of hydrogen-bond donors (Lipinski definition) is 1. The zero-order chi connectivity index (χ0) is 10.8. The van der Waals surface area contributed by atoms with E-state index in [0.29, 0.717) is 24.4 Å². The monoisotopic (exact) mass is 207 g/mol. The summed E-state index contributed by atoms with van der Waals surface area (Å²) in [5, 5.41) is 0. The van der Waals surface area contributed by atoms with E-state index < -0.39 is 0 Å². The molecule has 0 aromatic carbocycles. The number of carbonyl (C=O) groups excluding carboxylic acids is 2. The number of hydrogen-bond acceptors (Lipinski definition) is 3. The number of ketones is 1. The van der Waals surface area contributed by atoms with Crippen LogP contribution in [-0.2, 0) is 11.2 Å². The molecule has 1 aromatic heterocycles. The van der Waals surface area contributed by atoms with Gasteiger partial charge in [-0.25, -0.2) is 4.79 Å². The molecule has 0 bridgehead atoms. The molecule has 2 rings (SSSR count). The molecule has 0 saturated carbocycles. The molecular formula is C11H13NO3. The fourth-order valence-electron chi connectivity index (χ4n) is 1.83. The Morgan fingerprint density at radius 3 is 3.00 bits per heavy atom. The number of Topliss-reactive ketones (excluding diaryl/α,β-unsaturated/α-hetero) is 1. The van der Waals surface area contributed by atoms with Crippen molar-refractivity contribution in [2.45, 2.75) is 26.2 Å². The zero-order valence-electron chi connectivity index (χ0n) is 8.63. The van der Waals surface area contributed by atoms with E-state index in [1.54, 1.807) is 13.0 Å². The summed E-state index contributed by atoms with van der Waals surface area (Å²) in [4.78, 5) is 25.7. The van der Waals surface area contributed by atoms with Crippen LogP contribution < -0.4 is 0 Å². The van der Waals surface area contributed by atoms with Crippen molar-refractivity contribution in [2.75, 3.05) is 6.61 Å². The summed E-state index contributed by atoms with van der Waals surface area (Å²) in [6.45, 7) is 2.10. The first-order chi connectivity index (χ1) is 7.22. The average Bonchev–Trinajstić information content (AvgIpc) is 2.63. The lowest BCUT2D eigenvalue weighted by atomic mass is 9.97. The van der Waals surface area contributed by atoms with Crippen molar-refractivity contribution < 1.29 is 14.3 Å². The Labute approximate surface area is 87.6 Å². The lowest BCUT2D eigenvalue weighted by Crippen LogP contribution is -2.10. The first kappa shape index (κ1) is 9.96. The van der Waals surface area contributed by atoms with Gasteiger partial charge in [-0.1, -0.05) is 0 Å². The summed E-state index contributed by atoms with van der Waals surface area (Å²) in [6, 6.07) is 1.73. The lowest BCUT2D eigenvalue weighted by molar-refractivity contribution is 0.0520. The van der Waals surface area contributed by atoms with Gasteiger partial charge in [-0.15, -0.1) is 0 Å². The highest BCUT2D eigenvalue weighted by Gasteiger charge is 2.22. The molecule has 0 spiro atoms. The molecule has 0 radical (unpaired) electrons. The second-order valence-electron chi connectivity index (χ2n) is 3.58. The van der Waals surface area contributed by atoms with Gasteiger partial charge < -0.3 is 9.72 Å². The highest BCUT2D eigenvalue weighted by molar-refractivity contribution is 5.99. The van der Waals surface area contributed by atoms with Crippen LogP contribution in [0.1, 0.15) is 46.3 Å². The summed E-state index contributed by atoms with van der Waals surface area (Å²) < 4.78 is 4.86. The van der Waals surface area contributed by atoms with Gasteiger partial charge in [-0.2, -0.15) is 0 Å². The van der Waals surface area contributed by atoms with E-state index in [-0.39, 0.29) is 11.8 Å². The maximum atomic E-state index is 11.5. The Morgan fingerprint density at radius 1 is 1.53 bits per heavy atom. The zero-order valence-corrected chi connectivity index (χ0v) is 8.63. The third kappa shape index (κ3) is 1.79. The summed E-state index contributed by atoms with van der Waals surface area (Å²) in [7, 11) is 0. The van der Waals surface area contributed by atoms with E-state index in [0.717, 1.165) is 18.4 Å². The van der Waals surface area contributed by atoms with Crippen LogP contribution in [0.5, 0.6) is 0 Å². The predicted octanol–water partition coefficient (Wildman–Crippen LogP) is 1.71. The van der Waals surface area contributed by atoms with Gasteiger partial charge in [0.2, 0.25) is 0 Å². The van der Waals surface area contributed by atoms with Gasteiger partial charge in [-0.3, -0.25) is 4.79 Å². The van der Waals surface area contributed by atoms with Crippen LogP contribution in [0, 0.1) is 0 Å². The third-order valence-corrected chi connectivity index (χ3v) is 2.52. The first-order valence-corrected chi connectivity index (χ1v) is 5.14. The number of aryl methyl sites for hydroxylation is 1. The van der Waals surface area contributed by atoms with Gasteiger partial charge in [0.1, 0.15) is 5.69 Å². The van der Waals surface area contributed by atoms with Gasteiger partial charge in [0.15, 0.2) is 5.78 Å². The Hall–Kier alpha value is -1.58. The Balaban J connectivity index is 2.29. The highest BCUT2D eigenvalue weighted by Crippen LogP contribution is 2.21. The van der Waals surface area contributed by atoms with Crippen LogP contribution in [0.2, 0.25) is 0 Å². The molecule has 4 heteroatoms. The quantitative estimate of drug-likeness (QED) is 0.751. The van der Waals surface area contributed by atoms with Crippen molar-refractivity contribution in [3.63, 3.8) is 0 Å². The van der Waals surface area contributed by atoms with Gasteiger partial charge in [0.25, 0.3) is 0 Å². The molecule has 1 heterocycles. The molecular weight excluding hydrogens is 194 g/mol. The SMILES string of the molecule is CCOC(=O)c1cc2c([nH]1)C(=O)CCC2. The predicted molar refractivity (Wildman–Crippen MR) is 54.0 cm³/mol. The van der Waals surface area contributed by atoms with E-state index in [4.69, 9.17) is 4.74 Å². The van der Waals surface area contributed by atoms with Crippen molar-refractivity contribution in [3.8, 4) is 0 Å². The number of ether oxygens (including phenoxy) is 1. The summed E-state index contributed by atoms with van der Waals surface area (Å²) in [6.07, 6.45) is 2.29. The standard InChI is InChI=1S/C11H13NO3/c1-2-15-11(14)8-6-7-4-3-5-9(13)10(7)12-8/h6,12H,2-5H2,1H3. The van der Waals surface area contributed by atoms with Crippen LogP contribution in [0.4, 0.5) is 0 Å². The van der Waals surface area contributed by atoms with Crippen molar-refractivity contribution in [2.24, 2.45) is 0 Å². The van der Waals surface area contributed by atoms with Crippen molar-refractivity contribution >= 4 is 11.8 Å². The van der Waals surface area contributed by atoms with Crippen molar-refractivity contribution in [1.29, 1.82) is 0 Å². The van der Waals surface area contributed by atoms with Crippen molar-refractivity contribution in [1.82, 2.24) is 4.98 Å². The molecule has 4 nitrogen and oxygen atoms in total. The van der Waals surface area contributed by atoms with E-state index in [2.05, 4.69) is 4.98 Å². The molecule has 1 aromatic rings. The summed E-state index contributed by atoms with van der Waals surface area (Å²) in [5.41, 5.74) is 1.91. The number of carbonyl (C=O) groups is 2. The minimum absolute atomic E-state index is 0.0896. The number of fused-ring (bicyclic) bond motifs is 1.